The van der Waals surface area contributed by atoms with E-state index in [0.29, 0.717) is 22.6 Å². The molecule has 2 rings (SSSR count). The molecule has 0 aliphatic heterocycles. The lowest BCUT2D eigenvalue weighted by molar-refractivity contribution is 0.0474. The molecule has 0 aliphatic rings. The van der Waals surface area contributed by atoms with Gasteiger partial charge in [-0.05, 0) is 35.9 Å². The van der Waals surface area contributed by atoms with Gasteiger partial charge >= 0.3 is 5.97 Å². The maximum absolute atomic E-state index is 12.2. The number of Topliss-reactive ketones (excluding diaryl/α,β-unsaturated/α-hetero) is 1. The van der Waals surface area contributed by atoms with Gasteiger partial charge in [0.15, 0.2) is 33.7 Å². The number of hydrogen-bond acceptors (Lipinski definition) is 7. The molecular formula is C19H20O7S. The molecule has 0 bridgehead atoms. The third-order valence-corrected chi connectivity index (χ3v) is 4.52. The Morgan fingerprint density at radius 2 is 1.48 bits per heavy atom. The van der Waals surface area contributed by atoms with E-state index in [4.69, 9.17) is 14.2 Å². The minimum Gasteiger partial charge on any atom is -0.493 e. The highest BCUT2D eigenvalue weighted by Crippen LogP contribution is 2.27. The van der Waals surface area contributed by atoms with E-state index in [1.165, 1.54) is 44.6 Å². The molecule has 0 fully saturated rings. The molecule has 0 saturated heterocycles. The van der Waals surface area contributed by atoms with E-state index >= 15 is 0 Å². The molecule has 0 spiro atoms. The number of rotatable bonds is 8. The van der Waals surface area contributed by atoms with Crippen molar-refractivity contribution in [3.63, 3.8) is 0 Å². The van der Waals surface area contributed by atoms with Crippen LogP contribution in [0.15, 0.2) is 42.5 Å². The highest BCUT2D eigenvalue weighted by Gasteiger charge is 2.14. The van der Waals surface area contributed by atoms with Crippen LogP contribution in [-0.4, -0.2) is 47.3 Å². The fourth-order valence-corrected chi connectivity index (χ4v) is 3.15. The van der Waals surface area contributed by atoms with Crippen molar-refractivity contribution in [1.82, 2.24) is 0 Å². The largest absolute Gasteiger partial charge is 0.493 e. The standard InChI is InChI=1S/C19H20O7S/c1-24-17-9-8-15(10-18(17)25-2)16(20)11-26-19(21)14-6-4-13(5-7-14)12-27(3,22)23/h4-10H,11-12H2,1-3H3. The van der Waals surface area contributed by atoms with Crippen LogP contribution in [0.2, 0.25) is 0 Å². The van der Waals surface area contributed by atoms with Gasteiger partial charge in [0.25, 0.3) is 0 Å². The topological polar surface area (TPSA) is 96.0 Å². The number of ether oxygens (including phenoxy) is 3. The predicted molar refractivity (Wildman–Crippen MR) is 99.1 cm³/mol. The second-order valence-electron chi connectivity index (χ2n) is 5.84. The summed E-state index contributed by atoms with van der Waals surface area (Å²) in [6.45, 7) is -0.431. The van der Waals surface area contributed by atoms with Crippen molar-refractivity contribution in [2.75, 3.05) is 27.1 Å². The Balaban J connectivity index is 1.99. The smallest absolute Gasteiger partial charge is 0.338 e. The highest BCUT2D eigenvalue weighted by molar-refractivity contribution is 7.89. The molecule has 27 heavy (non-hydrogen) atoms. The van der Waals surface area contributed by atoms with Crippen LogP contribution >= 0.6 is 0 Å². The number of benzene rings is 2. The highest BCUT2D eigenvalue weighted by atomic mass is 32.2. The molecule has 0 radical (unpaired) electrons. The zero-order valence-corrected chi connectivity index (χ0v) is 16.0. The van der Waals surface area contributed by atoms with Crippen molar-refractivity contribution >= 4 is 21.6 Å². The minimum atomic E-state index is -3.15. The molecule has 144 valence electrons. The number of methoxy groups -OCH3 is 2. The zero-order chi connectivity index (χ0) is 20.0. The Morgan fingerprint density at radius 3 is 2.04 bits per heavy atom. The van der Waals surface area contributed by atoms with Gasteiger partial charge in [-0.1, -0.05) is 12.1 Å². The molecule has 0 aliphatic carbocycles. The van der Waals surface area contributed by atoms with E-state index in [0.717, 1.165) is 6.26 Å². The number of hydrogen-bond donors (Lipinski definition) is 0. The molecule has 7 nitrogen and oxygen atoms in total. The van der Waals surface area contributed by atoms with Crippen molar-refractivity contribution in [2.24, 2.45) is 0 Å². The van der Waals surface area contributed by atoms with E-state index in [9.17, 15) is 18.0 Å². The van der Waals surface area contributed by atoms with Gasteiger partial charge in [0, 0.05) is 11.8 Å². The summed E-state index contributed by atoms with van der Waals surface area (Å²) in [5.41, 5.74) is 1.12. The average Bonchev–Trinajstić information content (AvgIpc) is 2.64. The number of esters is 1. The summed E-state index contributed by atoms with van der Waals surface area (Å²) in [5.74, 6) is -0.288. The first kappa shape index (κ1) is 20.4. The minimum absolute atomic E-state index is 0.111. The fraction of sp³-hybridized carbons (Fsp3) is 0.263. The predicted octanol–water partition coefficient (Wildman–Crippen LogP) is 2.29. The third-order valence-electron chi connectivity index (χ3n) is 3.66. The second kappa shape index (κ2) is 8.68. The number of carbonyl (C=O) groups excluding carboxylic acids is 2. The second-order valence-corrected chi connectivity index (χ2v) is 7.98. The first-order valence-corrected chi connectivity index (χ1v) is 9.98. The van der Waals surface area contributed by atoms with Crippen molar-refractivity contribution in [1.29, 1.82) is 0 Å². The van der Waals surface area contributed by atoms with E-state index in [-0.39, 0.29) is 11.3 Å². The Bertz CT molecular complexity index is 931. The van der Waals surface area contributed by atoms with Gasteiger partial charge in [0.05, 0.1) is 25.5 Å². The van der Waals surface area contributed by atoms with Crippen LogP contribution in [0, 0.1) is 0 Å². The van der Waals surface area contributed by atoms with E-state index < -0.39 is 28.2 Å². The quantitative estimate of drug-likeness (QED) is 0.502. The molecular weight excluding hydrogens is 372 g/mol. The molecule has 2 aromatic rings. The Hall–Kier alpha value is -2.87. The summed E-state index contributed by atoms with van der Waals surface area (Å²) < 4.78 is 37.8. The van der Waals surface area contributed by atoms with E-state index in [1.54, 1.807) is 12.1 Å². The zero-order valence-electron chi connectivity index (χ0n) is 15.2. The maximum Gasteiger partial charge on any atom is 0.338 e. The van der Waals surface area contributed by atoms with Crippen molar-refractivity contribution in [3.05, 3.63) is 59.2 Å². The first-order chi connectivity index (χ1) is 12.7. The van der Waals surface area contributed by atoms with Crippen molar-refractivity contribution < 1.29 is 32.2 Å². The number of ketones is 1. The average molecular weight is 392 g/mol. The van der Waals surface area contributed by atoms with E-state index in [2.05, 4.69) is 0 Å². The third kappa shape index (κ3) is 5.82. The van der Waals surface area contributed by atoms with Crippen LogP contribution < -0.4 is 9.47 Å². The molecule has 0 N–H and O–H groups in total. The number of carbonyl (C=O) groups is 2. The molecule has 0 amide bonds. The first-order valence-electron chi connectivity index (χ1n) is 7.92. The summed E-state index contributed by atoms with van der Waals surface area (Å²) in [6, 6.07) is 10.6. The summed E-state index contributed by atoms with van der Waals surface area (Å²) in [7, 11) is -0.207. The van der Waals surface area contributed by atoms with Gasteiger partial charge in [0.2, 0.25) is 0 Å². The van der Waals surface area contributed by atoms with E-state index in [1.807, 2.05) is 0 Å². The molecule has 0 unspecified atom stereocenters. The van der Waals surface area contributed by atoms with Crippen molar-refractivity contribution in [2.45, 2.75) is 5.75 Å². The van der Waals surface area contributed by atoms with Crippen LogP contribution in [0.1, 0.15) is 26.3 Å². The van der Waals surface area contributed by atoms with Crippen molar-refractivity contribution in [3.8, 4) is 11.5 Å². The lowest BCUT2D eigenvalue weighted by Gasteiger charge is -2.09. The van der Waals surface area contributed by atoms with Crippen LogP contribution in [-0.2, 0) is 20.3 Å². The molecule has 2 aromatic carbocycles. The lowest BCUT2D eigenvalue weighted by atomic mass is 10.1. The van der Waals surface area contributed by atoms with Gasteiger partial charge in [0.1, 0.15) is 0 Å². The summed E-state index contributed by atoms with van der Waals surface area (Å²) in [4.78, 5) is 24.3. The summed E-state index contributed by atoms with van der Waals surface area (Å²) in [6.07, 6.45) is 1.13. The lowest BCUT2D eigenvalue weighted by Crippen LogP contribution is -2.14. The van der Waals surface area contributed by atoms with Gasteiger partial charge < -0.3 is 14.2 Å². The van der Waals surface area contributed by atoms with Crippen LogP contribution in [0.4, 0.5) is 0 Å². The molecule has 0 saturated carbocycles. The fourth-order valence-electron chi connectivity index (χ4n) is 2.35. The summed E-state index contributed by atoms with van der Waals surface area (Å²) in [5, 5.41) is 0. The van der Waals surface area contributed by atoms with Crippen LogP contribution in [0.25, 0.3) is 0 Å². The van der Waals surface area contributed by atoms with Gasteiger partial charge in [-0.2, -0.15) is 0 Å². The number of sulfone groups is 1. The van der Waals surface area contributed by atoms with Gasteiger partial charge in [-0.3, -0.25) is 4.79 Å². The van der Waals surface area contributed by atoms with Gasteiger partial charge in [-0.25, -0.2) is 13.2 Å². The Labute approximate surface area is 157 Å². The molecule has 0 heterocycles. The molecule has 8 heteroatoms. The normalized spacial score (nSPS) is 10.9. The molecule has 0 aromatic heterocycles. The Kier molecular flexibility index (Phi) is 6.57. The monoisotopic (exact) mass is 392 g/mol. The van der Waals surface area contributed by atoms with Gasteiger partial charge in [-0.15, -0.1) is 0 Å². The molecule has 0 atom stereocenters. The van der Waals surface area contributed by atoms with Crippen LogP contribution in [0.5, 0.6) is 11.5 Å². The summed E-state index contributed by atoms with van der Waals surface area (Å²) >= 11 is 0. The SMILES string of the molecule is COc1ccc(C(=O)COC(=O)c2ccc(CS(C)(=O)=O)cc2)cc1OC. The van der Waals surface area contributed by atoms with Crippen LogP contribution in [0.3, 0.4) is 0 Å². The maximum atomic E-state index is 12.2. The Morgan fingerprint density at radius 1 is 0.889 bits per heavy atom.